The first-order valence-electron chi connectivity index (χ1n) is 6.92. The first kappa shape index (κ1) is 17.7. The summed E-state index contributed by atoms with van der Waals surface area (Å²) in [5.74, 6) is 0.0663. The number of rotatable bonds is 6. The molecule has 0 bridgehead atoms. The van der Waals surface area contributed by atoms with Gasteiger partial charge >= 0.3 is 0 Å². The SMILES string of the molecule is COc1ccc([N+](=O)[O-])cc1OCC(=O)Nc1ccc(Br)cc1C. The molecular formula is C16H15BrN2O5. The van der Waals surface area contributed by atoms with Crippen molar-refractivity contribution in [1.82, 2.24) is 0 Å². The van der Waals surface area contributed by atoms with Gasteiger partial charge in [0.1, 0.15) is 0 Å². The van der Waals surface area contributed by atoms with Crippen LogP contribution in [0.4, 0.5) is 11.4 Å². The molecule has 0 atom stereocenters. The summed E-state index contributed by atoms with van der Waals surface area (Å²) >= 11 is 3.35. The van der Waals surface area contributed by atoms with Crippen LogP contribution in [0.2, 0.25) is 0 Å². The number of nitrogens with one attached hydrogen (secondary N) is 1. The van der Waals surface area contributed by atoms with Crippen LogP contribution in [0, 0.1) is 17.0 Å². The van der Waals surface area contributed by atoms with Crippen molar-refractivity contribution < 1.29 is 19.2 Å². The summed E-state index contributed by atoms with van der Waals surface area (Å²) in [6, 6.07) is 9.40. The van der Waals surface area contributed by atoms with E-state index in [2.05, 4.69) is 21.2 Å². The summed E-state index contributed by atoms with van der Waals surface area (Å²) in [5.41, 5.74) is 1.42. The molecule has 2 rings (SSSR count). The number of carbonyl (C=O) groups is 1. The standard InChI is InChI=1S/C16H15BrN2O5/c1-10-7-11(17)3-5-13(10)18-16(20)9-24-15-8-12(19(21)22)4-6-14(15)23-2/h3-8H,9H2,1-2H3,(H,18,20). The number of nitro groups is 1. The fourth-order valence-corrected chi connectivity index (χ4v) is 2.46. The van der Waals surface area contributed by atoms with Crippen LogP contribution >= 0.6 is 15.9 Å². The van der Waals surface area contributed by atoms with E-state index in [1.165, 1.54) is 25.3 Å². The zero-order valence-corrected chi connectivity index (χ0v) is 14.6. The third-order valence-corrected chi connectivity index (χ3v) is 3.67. The van der Waals surface area contributed by atoms with Gasteiger partial charge in [-0.1, -0.05) is 15.9 Å². The van der Waals surface area contributed by atoms with Crippen LogP contribution in [0.5, 0.6) is 11.5 Å². The smallest absolute Gasteiger partial charge is 0.273 e. The molecule has 0 saturated heterocycles. The number of ether oxygens (including phenoxy) is 2. The average Bonchev–Trinajstić information content (AvgIpc) is 2.55. The lowest BCUT2D eigenvalue weighted by Crippen LogP contribution is -2.20. The lowest BCUT2D eigenvalue weighted by Gasteiger charge is -2.12. The van der Waals surface area contributed by atoms with E-state index in [1.807, 2.05) is 19.1 Å². The number of methoxy groups -OCH3 is 1. The maximum absolute atomic E-state index is 12.0. The van der Waals surface area contributed by atoms with Crippen LogP contribution in [0.1, 0.15) is 5.56 Å². The zero-order valence-electron chi connectivity index (χ0n) is 13.0. The number of nitrogens with zero attached hydrogens (tertiary/aromatic N) is 1. The molecule has 0 spiro atoms. The number of anilines is 1. The molecule has 1 amide bonds. The van der Waals surface area contributed by atoms with E-state index >= 15 is 0 Å². The molecule has 7 nitrogen and oxygen atoms in total. The maximum Gasteiger partial charge on any atom is 0.273 e. The van der Waals surface area contributed by atoms with Crippen LogP contribution in [-0.2, 0) is 4.79 Å². The molecule has 2 aromatic carbocycles. The fourth-order valence-electron chi connectivity index (χ4n) is 1.99. The highest BCUT2D eigenvalue weighted by Gasteiger charge is 2.14. The number of hydrogen-bond donors (Lipinski definition) is 1. The third-order valence-electron chi connectivity index (χ3n) is 3.18. The van der Waals surface area contributed by atoms with Gasteiger partial charge < -0.3 is 14.8 Å². The minimum Gasteiger partial charge on any atom is -0.493 e. The van der Waals surface area contributed by atoms with Gasteiger partial charge in [-0.25, -0.2) is 0 Å². The average molecular weight is 395 g/mol. The highest BCUT2D eigenvalue weighted by molar-refractivity contribution is 9.10. The van der Waals surface area contributed by atoms with Crippen LogP contribution in [0.25, 0.3) is 0 Å². The normalized spacial score (nSPS) is 10.1. The Labute approximate surface area is 146 Å². The van der Waals surface area contributed by atoms with Crippen LogP contribution < -0.4 is 14.8 Å². The molecule has 8 heteroatoms. The molecule has 126 valence electrons. The molecule has 0 radical (unpaired) electrons. The second kappa shape index (κ2) is 7.78. The van der Waals surface area contributed by atoms with Gasteiger partial charge in [0, 0.05) is 16.2 Å². The van der Waals surface area contributed by atoms with Crippen molar-refractivity contribution in [3.8, 4) is 11.5 Å². The van der Waals surface area contributed by atoms with Crippen molar-refractivity contribution in [2.75, 3.05) is 19.0 Å². The number of benzene rings is 2. The lowest BCUT2D eigenvalue weighted by atomic mass is 10.2. The number of halogens is 1. The summed E-state index contributed by atoms with van der Waals surface area (Å²) < 4.78 is 11.4. The number of non-ortho nitro benzene ring substituents is 1. The van der Waals surface area contributed by atoms with E-state index in [1.54, 1.807) is 6.07 Å². The molecule has 0 aromatic heterocycles. The third kappa shape index (κ3) is 4.45. The molecular weight excluding hydrogens is 380 g/mol. The van der Waals surface area contributed by atoms with E-state index in [4.69, 9.17) is 9.47 Å². The topological polar surface area (TPSA) is 90.7 Å². The quantitative estimate of drug-likeness (QED) is 0.595. The predicted octanol–water partition coefficient (Wildman–Crippen LogP) is 3.69. The number of carbonyl (C=O) groups excluding carboxylic acids is 1. The Hall–Kier alpha value is -2.61. The van der Waals surface area contributed by atoms with Crippen molar-refractivity contribution in [1.29, 1.82) is 0 Å². The van der Waals surface area contributed by atoms with Crippen molar-refractivity contribution in [3.63, 3.8) is 0 Å². The van der Waals surface area contributed by atoms with Gasteiger partial charge in [0.15, 0.2) is 18.1 Å². The van der Waals surface area contributed by atoms with E-state index in [-0.39, 0.29) is 24.0 Å². The Balaban J connectivity index is 2.05. The molecule has 0 heterocycles. The Morgan fingerprint density at radius 2 is 2.00 bits per heavy atom. The molecule has 2 aromatic rings. The molecule has 0 unspecified atom stereocenters. The van der Waals surface area contributed by atoms with Gasteiger partial charge in [0.2, 0.25) is 0 Å². The molecule has 0 aliphatic heterocycles. The fraction of sp³-hybridized carbons (Fsp3) is 0.188. The molecule has 1 N–H and O–H groups in total. The Morgan fingerprint density at radius 3 is 2.62 bits per heavy atom. The second-order valence-electron chi connectivity index (χ2n) is 4.89. The molecule has 24 heavy (non-hydrogen) atoms. The van der Waals surface area contributed by atoms with Gasteiger partial charge in [0.05, 0.1) is 18.1 Å². The first-order valence-corrected chi connectivity index (χ1v) is 7.71. The van der Waals surface area contributed by atoms with Crippen LogP contribution in [-0.4, -0.2) is 24.5 Å². The van der Waals surface area contributed by atoms with Crippen molar-refractivity contribution in [2.24, 2.45) is 0 Å². The molecule has 0 saturated carbocycles. The van der Waals surface area contributed by atoms with E-state index < -0.39 is 4.92 Å². The number of nitro benzene ring substituents is 1. The highest BCUT2D eigenvalue weighted by atomic mass is 79.9. The van der Waals surface area contributed by atoms with Gasteiger partial charge in [-0.15, -0.1) is 0 Å². The van der Waals surface area contributed by atoms with Crippen molar-refractivity contribution >= 4 is 33.2 Å². The lowest BCUT2D eigenvalue weighted by molar-refractivity contribution is -0.385. The minimum absolute atomic E-state index is 0.134. The summed E-state index contributed by atoms with van der Waals surface area (Å²) in [6.45, 7) is 1.57. The van der Waals surface area contributed by atoms with Gasteiger partial charge in [-0.2, -0.15) is 0 Å². The number of aryl methyl sites for hydroxylation is 1. The molecule has 0 fully saturated rings. The number of amides is 1. The molecule has 0 aliphatic carbocycles. The van der Waals surface area contributed by atoms with Crippen LogP contribution in [0.3, 0.4) is 0 Å². The van der Waals surface area contributed by atoms with E-state index in [0.717, 1.165) is 10.0 Å². The van der Waals surface area contributed by atoms with Crippen molar-refractivity contribution in [3.05, 3.63) is 56.5 Å². The summed E-state index contributed by atoms with van der Waals surface area (Å²) in [5, 5.41) is 13.5. The minimum atomic E-state index is -0.544. The Bertz CT molecular complexity index is 779. The first-order chi connectivity index (χ1) is 11.4. The van der Waals surface area contributed by atoms with E-state index in [9.17, 15) is 14.9 Å². The monoisotopic (exact) mass is 394 g/mol. The summed E-state index contributed by atoms with van der Waals surface area (Å²) in [4.78, 5) is 22.3. The van der Waals surface area contributed by atoms with Crippen molar-refractivity contribution in [2.45, 2.75) is 6.92 Å². The molecule has 0 aliphatic rings. The zero-order chi connectivity index (χ0) is 17.7. The highest BCUT2D eigenvalue weighted by Crippen LogP contribution is 2.31. The van der Waals surface area contributed by atoms with E-state index in [0.29, 0.717) is 11.4 Å². The largest absolute Gasteiger partial charge is 0.493 e. The van der Waals surface area contributed by atoms with Gasteiger partial charge in [0.25, 0.3) is 11.6 Å². The van der Waals surface area contributed by atoms with Gasteiger partial charge in [-0.05, 0) is 36.8 Å². The summed E-state index contributed by atoms with van der Waals surface area (Å²) in [7, 11) is 1.42. The van der Waals surface area contributed by atoms with Crippen LogP contribution in [0.15, 0.2) is 40.9 Å². The van der Waals surface area contributed by atoms with Gasteiger partial charge in [-0.3, -0.25) is 14.9 Å². The number of hydrogen-bond acceptors (Lipinski definition) is 5. The summed E-state index contributed by atoms with van der Waals surface area (Å²) in [6.07, 6.45) is 0. The predicted molar refractivity (Wildman–Crippen MR) is 92.7 cm³/mol. The Morgan fingerprint density at radius 1 is 1.25 bits per heavy atom. The maximum atomic E-state index is 12.0. The Kier molecular flexibility index (Phi) is 5.75. The second-order valence-corrected chi connectivity index (χ2v) is 5.80.